The Bertz CT molecular complexity index is 1040. The predicted molar refractivity (Wildman–Crippen MR) is 134 cm³/mol. The van der Waals surface area contributed by atoms with Gasteiger partial charge in [-0.1, -0.05) is 38.8 Å². The topological polar surface area (TPSA) is 85.6 Å². The largest absolute Gasteiger partial charge is 0.494 e. The Labute approximate surface area is 207 Å². The van der Waals surface area contributed by atoms with Crippen LogP contribution in [0.15, 0.2) is 54.1 Å². The fourth-order valence-electron chi connectivity index (χ4n) is 4.22. The molecule has 0 bridgehead atoms. The Hall–Kier alpha value is -3.59. The molecule has 184 valence electrons. The maximum atomic E-state index is 12.5. The molecule has 0 aromatic heterocycles. The van der Waals surface area contributed by atoms with Crippen LogP contribution in [-0.4, -0.2) is 18.5 Å². The summed E-state index contributed by atoms with van der Waals surface area (Å²) in [6.45, 7) is 4.83. The van der Waals surface area contributed by atoms with Gasteiger partial charge < -0.3 is 14.2 Å². The molecule has 0 atom stereocenters. The van der Waals surface area contributed by atoms with Gasteiger partial charge in [0, 0.05) is 0 Å². The van der Waals surface area contributed by atoms with Gasteiger partial charge in [0.05, 0.1) is 12.5 Å². The van der Waals surface area contributed by atoms with Gasteiger partial charge in [-0.15, -0.1) is 0 Å². The van der Waals surface area contributed by atoms with Crippen molar-refractivity contribution in [3.8, 4) is 23.3 Å². The van der Waals surface area contributed by atoms with Crippen LogP contribution in [0.5, 0.6) is 17.2 Å². The van der Waals surface area contributed by atoms with Crippen molar-refractivity contribution in [3.63, 3.8) is 0 Å². The minimum atomic E-state index is -0.746. The molecular weight excluding hydrogens is 442 g/mol. The van der Waals surface area contributed by atoms with Gasteiger partial charge >= 0.3 is 11.9 Å². The van der Waals surface area contributed by atoms with Crippen LogP contribution in [-0.2, 0) is 9.59 Å². The number of benzene rings is 2. The molecule has 0 spiro atoms. The van der Waals surface area contributed by atoms with Crippen molar-refractivity contribution in [2.45, 2.75) is 58.8 Å². The number of hydrogen-bond donors (Lipinski definition) is 0. The van der Waals surface area contributed by atoms with Gasteiger partial charge in [-0.2, -0.15) is 5.26 Å². The molecule has 1 aliphatic carbocycles. The Balaban J connectivity index is 1.55. The number of ether oxygens (including phenoxy) is 3. The number of hydrogen-bond acceptors (Lipinski definition) is 6. The van der Waals surface area contributed by atoms with Gasteiger partial charge in [0.2, 0.25) is 0 Å². The van der Waals surface area contributed by atoms with E-state index in [4.69, 9.17) is 14.2 Å². The normalized spacial score (nSPS) is 17.8. The molecule has 3 rings (SSSR count). The zero-order valence-corrected chi connectivity index (χ0v) is 20.5. The van der Waals surface area contributed by atoms with E-state index < -0.39 is 5.97 Å². The van der Waals surface area contributed by atoms with Crippen molar-refractivity contribution in [2.24, 2.45) is 11.8 Å². The third-order valence-corrected chi connectivity index (χ3v) is 6.13. The van der Waals surface area contributed by atoms with Crippen molar-refractivity contribution in [1.82, 2.24) is 0 Å². The molecule has 6 nitrogen and oxygen atoms in total. The Morgan fingerprint density at radius 1 is 0.886 bits per heavy atom. The van der Waals surface area contributed by atoms with Crippen molar-refractivity contribution >= 4 is 18.0 Å². The van der Waals surface area contributed by atoms with Crippen LogP contribution < -0.4 is 14.2 Å². The third kappa shape index (κ3) is 7.99. The molecule has 1 aliphatic rings. The van der Waals surface area contributed by atoms with E-state index in [1.807, 2.05) is 13.0 Å². The summed E-state index contributed by atoms with van der Waals surface area (Å²) in [5.74, 6) is 1.22. The van der Waals surface area contributed by atoms with Crippen LogP contribution in [0.1, 0.15) is 64.4 Å². The Morgan fingerprint density at radius 3 is 2.09 bits per heavy atom. The number of rotatable bonds is 10. The second kappa shape index (κ2) is 13.3. The summed E-state index contributed by atoms with van der Waals surface area (Å²) in [4.78, 5) is 25.0. The molecule has 0 amide bonds. The van der Waals surface area contributed by atoms with E-state index in [1.54, 1.807) is 48.5 Å². The molecule has 6 heteroatoms. The lowest BCUT2D eigenvalue weighted by atomic mass is 9.80. The monoisotopic (exact) mass is 475 g/mol. The highest BCUT2D eigenvalue weighted by atomic mass is 16.5. The fourth-order valence-corrected chi connectivity index (χ4v) is 4.22. The molecular formula is C29H33NO5. The van der Waals surface area contributed by atoms with E-state index in [-0.39, 0.29) is 17.5 Å². The van der Waals surface area contributed by atoms with Crippen LogP contribution in [0.4, 0.5) is 0 Å². The van der Waals surface area contributed by atoms with E-state index in [1.165, 1.54) is 18.9 Å². The molecule has 2 aromatic carbocycles. The molecule has 0 saturated heterocycles. The first-order valence-corrected chi connectivity index (χ1v) is 12.4. The highest BCUT2D eigenvalue weighted by Gasteiger charge is 2.27. The molecule has 35 heavy (non-hydrogen) atoms. The average molecular weight is 476 g/mol. The Kier molecular flexibility index (Phi) is 9.92. The van der Waals surface area contributed by atoms with Gasteiger partial charge in [-0.25, -0.2) is 4.79 Å². The van der Waals surface area contributed by atoms with Gasteiger partial charge in [0.15, 0.2) is 0 Å². The van der Waals surface area contributed by atoms with Gasteiger partial charge in [-0.05, 0) is 86.1 Å². The van der Waals surface area contributed by atoms with Crippen LogP contribution in [0.3, 0.4) is 0 Å². The van der Waals surface area contributed by atoms with Gasteiger partial charge in [0.1, 0.15) is 28.9 Å². The SMILES string of the molecule is CCCOc1ccc(OC(=O)C(C#N)=Cc2ccc(OC(=O)C3CCC(CCC)CC3)cc2)cc1. The number of nitrogens with zero attached hydrogens (tertiary/aromatic N) is 1. The van der Waals surface area contributed by atoms with Crippen molar-refractivity contribution < 1.29 is 23.8 Å². The lowest BCUT2D eigenvalue weighted by Crippen LogP contribution is -2.25. The summed E-state index contributed by atoms with van der Waals surface area (Å²) < 4.78 is 16.4. The summed E-state index contributed by atoms with van der Waals surface area (Å²) in [5.41, 5.74) is 0.492. The molecule has 1 fully saturated rings. The number of esters is 2. The average Bonchev–Trinajstić information content (AvgIpc) is 2.88. The van der Waals surface area contributed by atoms with Crippen LogP contribution in [0.25, 0.3) is 6.08 Å². The van der Waals surface area contributed by atoms with Crippen LogP contribution in [0, 0.1) is 23.2 Å². The minimum Gasteiger partial charge on any atom is -0.494 e. The van der Waals surface area contributed by atoms with E-state index in [0.29, 0.717) is 29.4 Å². The van der Waals surface area contributed by atoms with Crippen molar-refractivity contribution in [2.75, 3.05) is 6.61 Å². The van der Waals surface area contributed by atoms with E-state index in [0.717, 1.165) is 38.0 Å². The summed E-state index contributed by atoms with van der Waals surface area (Å²) in [5, 5.41) is 9.44. The third-order valence-electron chi connectivity index (χ3n) is 6.13. The highest BCUT2D eigenvalue weighted by Crippen LogP contribution is 2.32. The molecule has 0 aliphatic heterocycles. The molecule has 1 saturated carbocycles. The van der Waals surface area contributed by atoms with Crippen molar-refractivity contribution in [1.29, 1.82) is 5.26 Å². The zero-order chi connectivity index (χ0) is 25.0. The first-order chi connectivity index (χ1) is 17.0. The van der Waals surface area contributed by atoms with E-state index in [2.05, 4.69) is 6.92 Å². The molecule has 0 unspecified atom stereocenters. The second-order valence-corrected chi connectivity index (χ2v) is 8.88. The highest BCUT2D eigenvalue weighted by molar-refractivity contribution is 5.99. The number of carbonyl (C=O) groups is 2. The minimum absolute atomic E-state index is 0.0464. The van der Waals surface area contributed by atoms with Gasteiger partial charge in [0.25, 0.3) is 0 Å². The van der Waals surface area contributed by atoms with E-state index >= 15 is 0 Å². The van der Waals surface area contributed by atoms with Crippen LogP contribution >= 0.6 is 0 Å². The lowest BCUT2D eigenvalue weighted by Gasteiger charge is -2.26. The summed E-state index contributed by atoms with van der Waals surface area (Å²) in [6, 6.07) is 15.3. The summed E-state index contributed by atoms with van der Waals surface area (Å²) in [6.07, 6.45) is 8.70. The fraction of sp³-hybridized carbons (Fsp3) is 0.414. The number of carbonyl (C=O) groups excluding carboxylic acids is 2. The Morgan fingerprint density at radius 2 is 1.49 bits per heavy atom. The lowest BCUT2D eigenvalue weighted by molar-refractivity contribution is -0.140. The first-order valence-electron chi connectivity index (χ1n) is 12.4. The second-order valence-electron chi connectivity index (χ2n) is 8.88. The zero-order valence-electron chi connectivity index (χ0n) is 20.5. The smallest absolute Gasteiger partial charge is 0.354 e. The van der Waals surface area contributed by atoms with Gasteiger partial charge in [-0.3, -0.25) is 4.79 Å². The molecule has 0 radical (unpaired) electrons. The molecule has 0 heterocycles. The summed E-state index contributed by atoms with van der Waals surface area (Å²) in [7, 11) is 0. The number of nitriles is 1. The van der Waals surface area contributed by atoms with E-state index in [9.17, 15) is 14.9 Å². The maximum absolute atomic E-state index is 12.5. The summed E-state index contributed by atoms with van der Waals surface area (Å²) >= 11 is 0. The van der Waals surface area contributed by atoms with Crippen LogP contribution in [0.2, 0.25) is 0 Å². The molecule has 2 aromatic rings. The predicted octanol–water partition coefficient (Wildman–Crippen LogP) is 6.50. The maximum Gasteiger partial charge on any atom is 0.354 e. The quantitative estimate of drug-likeness (QED) is 0.169. The standard InChI is InChI=1S/C29H33NO5/c1-3-5-21-6-10-23(11-7-21)28(31)34-26-12-8-22(9-13-26)19-24(20-30)29(32)35-27-16-14-25(15-17-27)33-18-4-2/h8-9,12-17,19,21,23H,3-7,10-11,18H2,1-2H3. The van der Waals surface area contributed by atoms with Crippen molar-refractivity contribution in [3.05, 3.63) is 59.7 Å². The molecule has 0 N–H and O–H groups in total. The first kappa shape index (κ1) is 26.0.